The average Bonchev–Trinajstić information content (AvgIpc) is 2.49. The van der Waals surface area contributed by atoms with Gasteiger partial charge in [-0.3, -0.25) is 9.78 Å². The molecule has 3 rings (SSSR count). The summed E-state index contributed by atoms with van der Waals surface area (Å²) < 4.78 is 11.0. The van der Waals surface area contributed by atoms with Gasteiger partial charge in [0.05, 0.1) is 0 Å². The van der Waals surface area contributed by atoms with Crippen LogP contribution in [-0.4, -0.2) is 34.9 Å². The topological polar surface area (TPSA) is 109 Å². The van der Waals surface area contributed by atoms with Crippen molar-refractivity contribution in [2.75, 3.05) is 25.1 Å². The number of hydrogen-bond donors (Lipinski definition) is 3. The molecule has 8 heteroatoms. The zero-order valence-electron chi connectivity index (χ0n) is 11.1. The molecule has 3 N–H and O–H groups in total. The van der Waals surface area contributed by atoms with Crippen LogP contribution in [0.2, 0.25) is 0 Å². The molecule has 0 saturated heterocycles. The molecular formula is C13H14N4O4. The molecule has 0 radical (unpaired) electrons. The van der Waals surface area contributed by atoms with Crippen LogP contribution in [0.4, 0.5) is 5.82 Å². The molecule has 0 saturated carbocycles. The smallest absolute Gasteiger partial charge is 0.342 e. The highest BCUT2D eigenvalue weighted by Crippen LogP contribution is 2.30. The van der Waals surface area contributed by atoms with Crippen molar-refractivity contribution < 1.29 is 9.47 Å². The molecule has 110 valence electrons. The first kappa shape index (κ1) is 13.2. The predicted molar refractivity (Wildman–Crippen MR) is 75.1 cm³/mol. The van der Waals surface area contributed by atoms with Crippen LogP contribution in [0.25, 0.3) is 0 Å². The summed E-state index contributed by atoms with van der Waals surface area (Å²) in [6.45, 7) is 1.61. The molecule has 1 aliphatic heterocycles. The van der Waals surface area contributed by atoms with Crippen LogP contribution in [-0.2, 0) is 6.42 Å². The van der Waals surface area contributed by atoms with Gasteiger partial charge in [-0.2, -0.15) is 0 Å². The minimum Gasteiger partial charge on any atom is -0.486 e. The Morgan fingerprint density at radius 3 is 2.81 bits per heavy atom. The molecule has 0 aliphatic carbocycles. The molecule has 2 heterocycles. The third-order valence-corrected chi connectivity index (χ3v) is 3.02. The maximum atomic E-state index is 11.4. The summed E-state index contributed by atoms with van der Waals surface area (Å²) >= 11 is 0. The van der Waals surface area contributed by atoms with Gasteiger partial charge in [0.1, 0.15) is 13.2 Å². The standard InChI is InChI=1S/C13H14N4O4/c18-12-11(16-17-13(19)15-12)14-4-3-8-1-2-9-10(7-8)21-6-5-20-9/h1-2,7H,3-6H2,(H,14,16)(H2,15,17,18,19). The van der Waals surface area contributed by atoms with E-state index in [-0.39, 0.29) is 5.82 Å². The van der Waals surface area contributed by atoms with E-state index in [0.29, 0.717) is 26.2 Å². The van der Waals surface area contributed by atoms with E-state index in [2.05, 4.69) is 20.5 Å². The van der Waals surface area contributed by atoms with Crippen LogP contribution in [0.1, 0.15) is 5.56 Å². The number of aromatic amines is 2. The number of aromatic nitrogens is 3. The number of hydrogen-bond acceptors (Lipinski definition) is 6. The van der Waals surface area contributed by atoms with E-state index < -0.39 is 11.2 Å². The number of ether oxygens (including phenoxy) is 2. The van der Waals surface area contributed by atoms with Gasteiger partial charge in [0.15, 0.2) is 11.5 Å². The fourth-order valence-corrected chi connectivity index (χ4v) is 2.04. The summed E-state index contributed by atoms with van der Waals surface area (Å²) in [5.41, 5.74) is -0.120. The summed E-state index contributed by atoms with van der Waals surface area (Å²) in [5, 5.41) is 8.68. The van der Waals surface area contributed by atoms with Crippen LogP contribution in [0.3, 0.4) is 0 Å². The van der Waals surface area contributed by atoms with Crippen molar-refractivity contribution in [3.8, 4) is 11.5 Å². The second-order valence-corrected chi connectivity index (χ2v) is 4.51. The third-order valence-electron chi connectivity index (χ3n) is 3.02. The molecule has 0 bridgehead atoms. The first-order chi connectivity index (χ1) is 10.2. The Hall–Kier alpha value is -2.77. The van der Waals surface area contributed by atoms with Crippen LogP contribution in [0, 0.1) is 0 Å². The van der Waals surface area contributed by atoms with E-state index in [4.69, 9.17) is 9.47 Å². The van der Waals surface area contributed by atoms with Gasteiger partial charge < -0.3 is 14.8 Å². The Morgan fingerprint density at radius 2 is 2.00 bits per heavy atom. The van der Waals surface area contributed by atoms with Crippen molar-refractivity contribution in [3.63, 3.8) is 0 Å². The Morgan fingerprint density at radius 1 is 1.19 bits per heavy atom. The van der Waals surface area contributed by atoms with Gasteiger partial charge in [-0.25, -0.2) is 9.89 Å². The molecule has 1 aromatic heterocycles. The van der Waals surface area contributed by atoms with Crippen LogP contribution >= 0.6 is 0 Å². The summed E-state index contributed by atoms with van der Waals surface area (Å²) in [6.07, 6.45) is 0.677. The number of benzene rings is 1. The lowest BCUT2D eigenvalue weighted by Gasteiger charge is -2.18. The Labute approximate surface area is 119 Å². The second-order valence-electron chi connectivity index (χ2n) is 4.51. The van der Waals surface area contributed by atoms with Gasteiger partial charge >= 0.3 is 5.69 Å². The molecule has 21 heavy (non-hydrogen) atoms. The zero-order chi connectivity index (χ0) is 14.7. The summed E-state index contributed by atoms with van der Waals surface area (Å²) in [7, 11) is 0. The highest BCUT2D eigenvalue weighted by molar-refractivity contribution is 5.44. The van der Waals surface area contributed by atoms with Crippen LogP contribution in [0.5, 0.6) is 11.5 Å². The van der Waals surface area contributed by atoms with E-state index in [1.165, 1.54) is 0 Å². The predicted octanol–water partition coefficient (Wildman–Crippen LogP) is -0.116. The van der Waals surface area contributed by atoms with Gasteiger partial charge in [-0.05, 0) is 24.1 Å². The van der Waals surface area contributed by atoms with E-state index >= 15 is 0 Å². The number of anilines is 1. The highest BCUT2D eigenvalue weighted by Gasteiger charge is 2.11. The molecular weight excluding hydrogens is 276 g/mol. The van der Waals surface area contributed by atoms with E-state index in [0.717, 1.165) is 17.1 Å². The van der Waals surface area contributed by atoms with Crippen molar-refractivity contribution in [3.05, 3.63) is 44.6 Å². The Balaban J connectivity index is 1.62. The van der Waals surface area contributed by atoms with E-state index in [1.54, 1.807) is 0 Å². The Bertz CT molecular complexity index is 752. The van der Waals surface area contributed by atoms with Crippen molar-refractivity contribution in [1.82, 2.24) is 15.2 Å². The zero-order valence-corrected chi connectivity index (χ0v) is 11.1. The van der Waals surface area contributed by atoms with Crippen molar-refractivity contribution in [2.24, 2.45) is 0 Å². The molecule has 0 unspecified atom stereocenters. The minimum absolute atomic E-state index is 0.0899. The SMILES string of the molecule is O=c1[nH]nc(NCCc2ccc3c(c2)OCCO3)c(=O)[nH]1. The van der Waals surface area contributed by atoms with Crippen molar-refractivity contribution >= 4 is 5.82 Å². The lowest BCUT2D eigenvalue weighted by molar-refractivity contribution is 0.171. The van der Waals surface area contributed by atoms with Gasteiger partial charge in [-0.1, -0.05) is 6.07 Å². The van der Waals surface area contributed by atoms with Gasteiger partial charge in [0, 0.05) is 6.54 Å². The fraction of sp³-hybridized carbons (Fsp3) is 0.308. The fourth-order valence-electron chi connectivity index (χ4n) is 2.04. The molecule has 8 nitrogen and oxygen atoms in total. The number of H-pyrrole nitrogens is 2. The van der Waals surface area contributed by atoms with Crippen molar-refractivity contribution in [2.45, 2.75) is 6.42 Å². The first-order valence-electron chi connectivity index (χ1n) is 6.54. The third kappa shape index (κ3) is 3.04. The minimum atomic E-state index is -0.627. The molecule has 1 aliphatic rings. The van der Waals surface area contributed by atoms with Crippen molar-refractivity contribution in [1.29, 1.82) is 0 Å². The molecule has 1 aromatic carbocycles. The molecule has 0 spiro atoms. The molecule has 0 fully saturated rings. The number of fused-ring (bicyclic) bond motifs is 1. The lowest BCUT2D eigenvalue weighted by Crippen LogP contribution is -2.27. The quantitative estimate of drug-likeness (QED) is 0.724. The van der Waals surface area contributed by atoms with Crippen LogP contribution < -0.4 is 26.0 Å². The second kappa shape index (κ2) is 5.70. The average molecular weight is 290 g/mol. The highest BCUT2D eigenvalue weighted by atomic mass is 16.6. The molecule has 2 aromatic rings. The lowest BCUT2D eigenvalue weighted by atomic mass is 10.1. The number of rotatable bonds is 4. The summed E-state index contributed by atoms with van der Waals surface area (Å²) in [6, 6.07) is 5.73. The first-order valence-corrected chi connectivity index (χ1v) is 6.54. The largest absolute Gasteiger partial charge is 0.486 e. The molecule has 0 atom stereocenters. The monoisotopic (exact) mass is 290 g/mol. The summed E-state index contributed by atoms with van der Waals surface area (Å²) in [5.74, 6) is 1.57. The maximum absolute atomic E-state index is 11.4. The summed E-state index contributed by atoms with van der Waals surface area (Å²) in [4.78, 5) is 24.4. The van der Waals surface area contributed by atoms with Gasteiger partial charge in [0.25, 0.3) is 5.56 Å². The number of nitrogens with zero attached hydrogens (tertiary/aromatic N) is 1. The Kier molecular flexibility index (Phi) is 3.59. The molecule has 0 amide bonds. The maximum Gasteiger partial charge on any atom is 0.342 e. The number of nitrogens with one attached hydrogen (secondary N) is 3. The van der Waals surface area contributed by atoms with E-state index in [9.17, 15) is 9.59 Å². The van der Waals surface area contributed by atoms with Gasteiger partial charge in [0.2, 0.25) is 5.82 Å². The van der Waals surface area contributed by atoms with E-state index in [1.807, 2.05) is 18.2 Å². The van der Waals surface area contributed by atoms with Crippen LogP contribution in [0.15, 0.2) is 27.8 Å². The van der Waals surface area contributed by atoms with Gasteiger partial charge in [-0.15, -0.1) is 5.10 Å². The normalized spacial score (nSPS) is 13.0.